The topological polar surface area (TPSA) is 41.4 Å². The van der Waals surface area contributed by atoms with E-state index in [-0.39, 0.29) is 5.56 Å². The molecular weight excluding hydrogens is 228 g/mol. The van der Waals surface area contributed by atoms with Crippen LogP contribution >= 0.6 is 0 Å². The van der Waals surface area contributed by atoms with Crippen LogP contribution in [0.2, 0.25) is 0 Å². The minimum atomic E-state index is 0.118. The zero-order chi connectivity index (χ0) is 13.3. The molecule has 0 aromatic carbocycles. The van der Waals surface area contributed by atoms with Crippen molar-refractivity contribution in [3.63, 3.8) is 0 Å². The average molecular weight is 250 g/mol. The first-order valence-corrected chi connectivity index (χ1v) is 6.48. The molecule has 5 nitrogen and oxygen atoms in total. The molecule has 0 atom stereocenters. The van der Waals surface area contributed by atoms with Crippen molar-refractivity contribution in [1.82, 2.24) is 14.5 Å². The van der Waals surface area contributed by atoms with Crippen LogP contribution in [0.5, 0.6) is 0 Å². The minimum absolute atomic E-state index is 0.118. The number of fused-ring (bicyclic) bond motifs is 1. The van der Waals surface area contributed by atoms with Gasteiger partial charge in [0, 0.05) is 30.9 Å². The van der Waals surface area contributed by atoms with Gasteiger partial charge in [0.1, 0.15) is 0 Å². The summed E-state index contributed by atoms with van der Waals surface area (Å²) in [5, 5.41) is 0. The molecule has 0 aliphatic carbocycles. The first-order chi connectivity index (χ1) is 8.50. The van der Waals surface area contributed by atoms with E-state index >= 15 is 0 Å². The molecule has 1 aliphatic heterocycles. The van der Waals surface area contributed by atoms with Gasteiger partial charge in [0.15, 0.2) is 0 Å². The molecule has 2 heterocycles. The maximum absolute atomic E-state index is 12.1. The Hall–Kier alpha value is -1.36. The van der Waals surface area contributed by atoms with Crippen molar-refractivity contribution in [2.45, 2.75) is 26.8 Å². The summed E-state index contributed by atoms with van der Waals surface area (Å²) < 4.78 is 1.80. The van der Waals surface area contributed by atoms with E-state index in [1.54, 1.807) is 4.57 Å². The van der Waals surface area contributed by atoms with E-state index in [0.29, 0.717) is 0 Å². The minimum Gasteiger partial charge on any atom is -0.340 e. The summed E-state index contributed by atoms with van der Waals surface area (Å²) in [5.41, 5.74) is 1.74. The van der Waals surface area contributed by atoms with Crippen molar-refractivity contribution in [1.29, 1.82) is 0 Å². The van der Waals surface area contributed by atoms with Gasteiger partial charge in [-0.25, -0.2) is 4.98 Å². The van der Waals surface area contributed by atoms with E-state index in [4.69, 9.17) is 0 Å². The second-order valence-corrected chi connectivity index (χ2v) is 5.22. The zero-order valence-corrected chi connectivity index (χ0v) is 11.7. The second-order valence-electron chi connectivity index (χ2n) is 5.22. The average Bonchev–Trinajstić information content (AvgIpc) is 2.69. The molecule has 5 heteroatoms. The highest BCUT2D eigenvalue weighted by molar-refractivity contribution is 5.37. The van der Waals surface area contributed by atoms with Crippen LogP contribution in [0.3, 0.4) is 0 Å². The third-order valence-corrected chi connectivity index (χ3v) is 3.53. The van der Waals surface area contributed by atoms with Crippen LogP contribution in [-0.2, 0) is 6.54 Å². The molecule has 1 aromatic heterocycles. The number of aryl methyl sites for hydroxylation is 1. The molecule has 100 valence electrons. The van der Waals surface area contributed by atoms with Gasteiger partial charge < -0.3 is 9.80 Å². The summed E-state index contributed by atoms with van der Waals surface area (Å²) in [4.78, 5) is 21.1. The van der Waals surface area contributed by atoms with Gasteiger partial charge in [-0.15, -0.1) is 0 Å². The predicted octanol–water partition coefficient (Wildman–Crippen LogP) is 0.632. The Morgan fingerprint density at radius 1 is 1.28 bits per heavy atom. The van der Waals surface area contributed by atoms with Crippen molar-refractivity contribution in [2.75, 3.05) is 38.6 Å². The molecule has 2 rings (SSSR count). The summed E-state index contributed by atoms with van der Waals surface area (Å²) in [7, 11) is 4.16. The Labute approximate surface area is 108 Å². The number of rotatable bonds is 4. The van der Waals surface area contributed by atoms with E-state index in [1.807, 2.05) is 13.8 Å². The number of aromatic nitrogens is 2. The number of hydrogen-bond acceptors (Lipinski definition) is 4. The summed E-state index contributed by atoms with van der Waals surface area (Å²) in [5.74, 6) is 0.849. The normalized spacial score (nSPS) is 14.4. The van der Waals surface area contributed by atoms with Crippen LogP contribution in [0.4, 0.5) is 5.95 Å². The lowest BCUT2D eigenvalue weighted by molar-refractivity contribution is 0.400. The van der Waals surface area contributed by atoms with E-state index in [1.165, 1.54) is 0 Å². The summed E-state index contributed by atoms with van der Waals surface area (Å²) in [6.07, 6.45) is 1.09. The van der Waals surface area contributed by atoms with Crippen LogP contribution in [0.15, 0.2) is 4.79 Å². The lowest BCUT2D eigenvalue weighted by atomic mass is 10.3. The highest BCUT2D eigenvalue weighted by atomic mass is 16.1. The number of hydrogen-bond donors (Lipinski definition) is 0. The Balaban J connectivity index is 2.16. The third kappa shape index (κ3) is 2.41. The first-order valence-electron chi connectivity index (χ1n) is 6.48. The summed E-state index contributed by atoms with van der Waals surface area (Å²) >= 11 is 0. The molecule has 0 N–H and O–H groups in total. The molecule has 0 saturated carbocycles. The third-order valence-electron chi connectivity index (χ3n) is 3.53. The molecule has 1 aliphatic rings. The maximum atomic E-state index is 12.1. The highest BCUT2D eigenvalue weighted by Crippen LogP contribution is 2.17. The zero-order valence-electron chi connectivity index (χ0n) is 11.7. The molecular formula is C13H22N4O. The second kappa shape index (κ2) is 5.10. The van der Waals surface area contributed by atoms with Gasteiger partial charge in [0.05, 0.1) is 0 Å². The fourth-order valence-electron chi connectivity index (χ4n) is 2.30. The smallest absolute Gasteiger partial charge is 0.258 e. The van der Waals surface area contributed by atoms with Crippen LogP contribution in [0.25, 0.3) is 0 Å². The van der Waals surface area contributed by atoms with Crippen molar-refractivity contribution in [3.8, 4) is 0 Å². The van der Waals surface area contributed by atoms with Gasteiger partial charge in [-0.2, -0.15) is 0 Å². The Morgan fingerprint density at radius 2 is 2.00 bits per heavy atom. The van der Waals surface area contributed by atoms with Crippen LogP contribution in [0, 0.1) is 13.8 Å². The summed E-state index contributed by atoms with van der Waals surface area (Å²) in [6, 6.07) is 0. The monoisotopic (exact) mass is 250 g/mol. The van der Waals surface area contributed by atoms with E-state index in [0.717, 1.165) is 49.8 Å². The molecule has 0 amide bonds. The Kier molecular flexibility index (Phi) is 3.71. The lowest BCUT2D eigenvalue weighted by Gasteiger charge is -2.19. The largest absolute Gasteiger partial charge is 0.340 e. The lowest BCUT2D eigenvalue weighted by Crippen LogP contribution is -2.27. The van der Waals surface area contributed by atoms with Crippen molar-refractivity contribution in [3.05, 3.63) is 21.6 Å². The number of nitrogens with zero attached hydrogens (tertiary/aromatic N) is 4. The van der Waals surface area contributed by atoms with Crippen molar-refractivity contribution < 1.29 is 0 Å². The first kappa shape index (κ1) is 13.1. The van der Waals surface area contributed by atoms with Crippen LogP contribution in [0.1, 0.15) is 17.7 Å². The van der Waals surface area contributed by atoms with Gasteiger partial charge >= 0.3 is 0 Å². The standard InChI is InChI=1S/C13H22N4O/c1-10-11(2)14-13-16(7-5-6-15(3)4)8-9-17(13)12(10)18/h5-9H2,1-4H3. The predicted molar refractivity (Wildman–Crippen MR) is 73.4 cm³/mol. The molecule has 0 radical (unpaired) electrons. The van der Waals surface area contributed by atoms with E-state index in [9.17, 15) is 4.79 Å². The molecule has 0 unspecified atom stereocenters. The molecule has 1 aromatic rings. The summed E-state index contributed by atoms with van der Waals surface area (Å²) in [6.45, 7) is 7.46. The fraction of sp³-hybridized carbons (Fsp3) is 0.692. The molecule has 0 fully saturated rings. The van der Waals surface area contributed by atoms with Gasteiger partial charge in [-0.1, -0.05) is 0 Å². The van der Waals surface area contributed by atoms with Gasteiger partial charge in [-0.05, 0) is 40.9 Å². The molecule has 18 heavy (non-hydrogen) atoms. The SMILES string of the molecule is Cc1nc2n(c(=O)c1C)CCN2CCCN(C)C. The Morgan fingerprint density at radius 3 is 2.67 bits per heavy atom. The Bertz CT molecular complexity index is 492. The molecule has 0 spiro atoms. The highest BCUT2D eigenvalue weighted by Gasteiger charge is 2.22. The maximum Gasteiger partial charge on any atom is 0.258 e. The molecule has 0 bridgehead atoms. The molecule has 0 saturated heterocycles. The van der Waals surface area contributed by atoms with E-state index < -0.39 is 0 Å². The van der Waals surface area contributed by atoms with Crippen LogP contribution in [-0.4, -0.2) is 48.2 Å². The van der Waals surface area contributed by atoms with Crippen molar-refractivity contribution >= 4 is 5.95 Å². The van der Waals surface area contributed by atoms with Crippen molar-refractivity contribution in [2.24, 2.45) is 0 Å². The quantitative estimate of drug-likeness (QED) is 0.786. The van der Waals surface area contributed by atoms with Gasteiger partial charge in [-0.3, -0.25) is 9.36 Å². The van der Waals surface area contributed by atoms with Gasteiger partial charge in [0.25, 0.3) is 5.56 Å². The van der Waals surface area contributed by atoms with E-state index in [2.05, 4.69) is 28.9 Å². The van der Waals surface area contributed by atoms with Crippen LogP contribution < -0.4 is 10.5 Å². The van der Waals surface area contributed by atoms with Gasteiger partial charge in [0.2, 0.25) is 5.95 Å². The number of anilines is 1. The fourth-order valence-corrected chi connectivity index (χ4v) is 2.30.